The minimum atomic E-state index is -0.414. The van der Waals surface area contributed by atoms with Gasteiger partial charge in [-0.15, -0.1) is 0 Å². The van der Waals surface area contributed by atoms with Crippen LogP contribution in [0.25, 0.3) is 10.8 Å². The lowest BCUT2D eigenvalue weighted by atomic mass is 10.1. The molecule has 9 heteroatoms. The molecule has 118 valence electrons. The van der Waals surface area contributed by atoms with Gasteiger partial charge in [-0.1, -0.05) is 23.4 Å². The van der Waals surface area contributed by atoms with Crippen molar-refractivity contribution in [1.29, 1.82) is 0 Å². The van der Waals surface area contributed by atoms with Crippen LogP contribution in [-0.2, 0) is 13.0 Å². The summed E-state index contributed by atoms with van der Waals surface area (Å²) in [7, 11) is 0. The molecule has 0 atom stereocenters. The van der Waals surface area contributed by atoms with Gasteiger partial charge in [-0.3, -0.25) is 9.59 Å². The van der Waals surface area contributed by atoms with Crippen LogP contribution in [0.1, 0.15) is 22.2 Å². The van der Waals surface area contributed by atoms with Crippen molar-refractivity contribution in [2.75, 3.05) is 6.54 Å². The summed E-state index contributed by atoms with van der Waals surface area (Å²) in [4.78, 5) is 27.8. The predicted molar refractivity (Wildman–Crippen MR) is 78.6 cm³/mol. The first-order chi connectivity index (χ1) is 11.2. The van der Waals surface area contributed by atoms with Gasteiger partial charge in [0.1, 0.15) is 6.61 Å². The standard InChI is InChI=1S/C14H13N5O4/c20-7-11-16-10(19-23-11)5-6-15-14(22)12-8-3-1-2-4-9(8)13(21)18-17-12/h1-4,20H,5-7H2,(H,15,22)(H,18,21). The molecule has 3 rings (SSSR count). The Labute approximate surface area is 129 Å². The van der Waals surface area contributed by atoms with Gasteiger partial charge in [-0.25, -0.2) is 5.10 Å². The Kier molecular flexibility index (Phi) is 4.11. The fourth-order valence-corrected chi connectivity index (χ4v) is 2.12. The van der Waals surface area contributed by atoms with Crippen LogP contribution in [0.15, 0.2) is 33.6 Å². The molecule has 1 aromatic carbocycles. The van der Waals surface area contributed by atoms with Crippen molar-refractivity contribution in [3.8, 4) is 0 Å². The number of carbonyl (C=O) groups excluding carboxylic acids is 1. The van der Waals surface area contributed by atoms with E-state index in [-0.39, 0.29) is 30.3 Å². The number of aromatic amines is 1. The number of nitrogens with one attached hydrogen (secondary N) is 2. The molecule has 0 fully saturated rings. The Hall–Kier alpha value is -3.07. The van der Waals surface area contributed by atoms with Crippen molar-refractivity contribution in [1.82, 2.24) is 25.7 Å². The van der Waals surface area contributed by atoms with Crippen LogP contribution in [0.5, 0.6) is 0 Å². The van der Waals surface area contributed by atoms with E-state index < -0.39 is 5.91 Å². The molecule has 0 bridgehead atoms. The number of aliphatic hydroxyl groups is 1. The molecule has 0 spiro atoms. The number of fused-ring (bicyclic) bond motifs is 1. The zero-order valence-electron chi connectivity index (χ0n) is 11.9. The summed E-state index contributed by atoms with van der Waals surface area (Å²) >= 11 is 0. The van der Waals surface area contributed by atoms with Crippen LogP contribution < -0.4 is 10.9 Å². The molecule has 9 nitrogen and oxygen atoms in total. The molecule has 1 amide bonds. The zero-order valence-corrected chi connectivity index (χ0v) is 11.9. The van der Waals surface area contributed by atoms with Gasteiger partial charge in [0.2, 0.25) is 0 Å². The zero-order chi connectivity index (χ0) is 16.2. The van der Waals surface area contributed by atoms with Gasteiger partial charge in [0.05, 0.1) is 5.39 Å². The number of aliphatic hydroxyl groups excluding tert-OH is 1. The van der Waals surface area contributed by atoms with E-state index in [0.717, 1.165) is 0 Å². The normalized spacial score (nSPS) is 10.8. The Morgan fingerprint density at radius 3 is 2.83 bits per heavy atom. The Morgan fingerprint density at radius 1 is 1.30 bits per heavy atom. The molecular weight excluding hydrogens is 302 g/mol. The maximum atomic E-state index is 12.2. The number of hydrogen-bond acceptors (Lipinski definition) is 7. The van der Waals surface area contributed by atoms with E-state index in [0.29, 0.717) is 23.0 Å². The highest BCUT2D eigenvalue weighted by atomic mass is 16.5. The highest BCUT2D eigenvalue weighted by molar-refractivity contribution is 6.04. The largest absolute Gasteiger partial charge is 0.387 e. The number of nitrogens with zero attached hydrogens (tertiary/aromatic N) is 3. The van der Waals surface area contributed by atoms with Crippen LogP contribution in [0.2, 0.25) is 0 Å². The molecule has 3 aromatic rings. The summed E-state index contributed by atoms with van der Waals surface area (Å²) in [5.41, 5.74) is -0.204. The first-order valence-corrected chi connectivity index (χ1v) is 6.87. The quantitative estimate of drug-likeness (QED) is 0.592. The molecule has 0 radical (unpaired) electrons. The van der Waals surface area contributed by atoms with E-state index in [4.69, 9.17) is 9.63 Å². The Bertz CT molecular complexity index is 901. The maximum absolute atomic E-state index is 12.2. The lowest BCUT2D eigenvalue weighted by molar-refractivity contribution is 0.0949. The van der Waals surface area contributed by atoms with Crippen molar-refractivity contribution in [3.63, 3.8) is 0 Å². The van der Waals surface area contributed by atoms with E-state index in [2.05, 4.69) is 25.7 Å². The molecule has 2 heterocycles. The molecule has 0 saturated heterocycles. The topological polar surface area (TPSA) is 134 Å². The fraction of sp³-hybridized carbons (Fsp3) is 0.214. The summed E-state index contributed by atoms with van der Waals surface area (Å²) in [6, 6.07) is 6.74. The average molecular weight is 315 g/mol. The van der Waals surface area contributed by atoms with Gasteiger partial charge in [-0.2, -0.15) is 10.1 Å². The lowest BCUT2D eigenvalue weighted by Crippen LogP contribution is -2.28. The van der Waals surface area contributed by atoms with E-state index >= 15 is 0 Å². The van der Waals surface area contributed by atoms with Gasteiger partial charge in [0, 0.05) is 18.4 Å². The summed E-state index contributed by atoms with van der Waals surface area (Å²) in [6.07, 6.45) is 0.344. The van der Waals surface area contributed by atoms with Crippen molar-refractivity contribution in [3.05, 3.63) is 52.0 Å². The number of carbonyl (C=O) groups is 1. The molecule has 0 aliphatic rings. The van der Waals surface area contributed by atoms with Crippen LogP contribution in [0, 0.1) is 0 Å². The molecule has 0 aliphatic carbocycles. The van der Waals surface area contributed by atoms with Crippen LogP contribution in [-0.4, -0.2) is 37.9 Å². The van der Waals surface area contributed by atoms with Gasteiger partial charge < -0.3 is 14.9 Å². The van der Waals surface area contributed by atoms with E-state index in [1.807, 2.05) is 0 Å². The third-order valence-electron chi connectivity index (χ3n) is 3.19. The van der Waals surface area contributed by atoms with Crippen molar-refractivity contribution < 1.29 is 14.4 Å². The molecule has 23 heavy (non-hydrogen) atoms. The highest BCUT2D eigenvalue weighted by Gasteiger charge is 2.14. The fourth-order valence-electron chi connectivity index (χ4n) is 2.12. The van der Waals surface area contributed by atoms with Gasteiger partial charge >= 0.3 is 0 Å². The molecule has 0 aliphatic heterocycles. The number of amides is 1. The summed E-state index contributed by atoms with van der Waals surface area (Å²) < 4.78 is 4.75. The smallest absolute Gasteiger partial charge is 0.272 e. The third-order valence-corrected chi connectivity index (χ3v) is 3.19. The molecular formula is C14H13N5O4. The first-order valence-electron chi connectivity index (χ1n) is 6.87. The second kappa shape index (κ2) is 6.36. The number of rotatable bonds is 5. The number of H-pyrrole nitrogens is 1. The number of aromatic nitrogens is 4. The van der Waals surface area contributed by atoms with E-state index in [1.54, 1.807) is 24.3 Å². The second-order valence-corrected chi connectivity index (χ2v) is 4.72. The molecule has 0 saturated carbocycles. The number of benzene rings is 1. The average Bonchev–Trinajstić information content (AvgIpc) is 3.03. The molecule has 0 unspecified atom stereocenters. The monoisotopic (exact) mass is 315 g/mol. The van der Waals surface area contributed by atoms with Gasteiger partial charge in [-0.05, 0) is 6.07 Å². The highest BCUT2D eigenvalue weighted by Crippen LogP contribution is 2.12. The van der Waals surface area contributed by atoms with E-state index in [9.17, 15) is 9.59 Å². The second-order valence-electron chi connectivity index (χ2n) is 4.72. The molecule has 2 aromatic heterocycles. The minimum Gasteiger partial charge on any atom is -0.387 e. The van der Waals surface area contributed by atoms with Crippen LogP contribution >= 0.6 is 0 Å². The SMILES string of the molecule is O=C(NCCc1noc(CO)n1)c1n[nH]c(=O)c2ccccc12. The summed E-state index contributed by atoms with van der Waals surface area (Å²) in [5.74, 6) is 0.0941. The summed E-state index contributed by atoms with van der Waals surface area (Å²) in [5, 5.41) is 22.2. The maximum Gasteiger partial charge on any atom is 0.272 e. The van der Waals surface area contributed by atoms with Crippen LogP contribution in [0.4, 0.5) is 0 Å². The first kappa shape index (κ1) is 14.9. The van der Waals surface area contributed by atoms with Crippen LogP contribution in [0.3, 0.4) is 0 Å². The third kappa shape index (κ3) is 3.09. The van der Waals surface area contributed by atoms with Crippen molar-refractivity contribution >= 4 is 16.7 Å². The lowest BCUT2D eigenvalue weighted by Gasteiger charge is -2.05. The van der Waals surface area contributed by atoms with E-state index in [1.165, 1.54) is 0 Å². The number of hydrogen-bond donors (Lipinski definition) is 3. The van der Waals surface area contributed by atoms with Gasteiger partial charge in [0.25, 0.3) is 17.4 Å². The minimum absolute atomic E-state index is 0.125. The molecule has 3 N–H and O–H groups in total. The van der Waals surface area contributed by atoms with Crippen molar-refractivity contribution in [2.24, 2.45) is 0 Å². The van der Waals surface area contributed by atoms with Crippen molar-refractivity contribution in [2.45, 2.75) is 13.0 Å². The van der Waals surface area contributed by atoms with Gasteiger partial charge in [0.15, 0.2) is 11.5 Å². The Balaban J connectivity index is 1.71. The summed E-state index contributed by atoms with van der Waals surface area (Å²) in [6.45, 7) is -0.0645. The predicted octanol–water partition coefficient (Wildman–Crippen LogP) is -0.229. The Morgan fingerprint density at radius 2 is 2.09 bits per heavy atom.